The summed E-state index contributed by atoms with van der Waals surface area (Å²) >= 11 is 7.59. The second-order valence-corrected chi connectivity index (χ2v) is 9.48. The number of amides is 1. The number of fused-ring (bicyclic) bond motifs is 1. The largest absolute Gasteiger partial charge is 0.476 e. The van der Waals surface area contributed by atoms with Gasteiger partial charge in [-0.25, -0.2) is 8.42 Å². The van der Waals surface area contributed by atoms with Crippen LogP contribution < -0.4 is 14.4 Å². The highest BCUT2D eigenvalue weighted by Gasteiger charge is 2.35. The summed E-state index contributed by atoms with van der Waals surface area (Å²) in [5.41, 5.74) is 0.341. The third-order valence-corrected chi connectivity index (χ3v) is 6.29. The standard InChI is InChI=1S/C18H19ClN2O4S2/c1-27(23,24)21-12-17(25-16-8-7-13(19)11-15(16)21)18(22)20-9-10-26-14-5-3-2-4-6-14/h2-8,11,17H,9-10,12H2,1H3,(H,20,22)/t17-/m0/s1. The zero-order valence-corrected chi connectivity index (χ0v) is 17.0. The molecule has 0 bridgehead atoms. The van der Waals surface area contributed by atoms with Crippen molar-refractivity contribution in [2.24, 2.45) is 0 Å². The topological polar surface area (TPSA) is 75.7 Å². The molecule has 9 heteroatoms. The highest BCUT2D eigenvalue weighted by molar-refractivity contribution is 7.99. The molecule has 0 radical (unpaired) electrons. The van der Waals surface area contributed by atoms with Crippen LogP contribution in [0.25, 0.3) is 0 Å². The molecule has 0 unspecified atom stereocenters. The van der Waals surface area contributed by atoms with Crippen LogP contribution in [0.5, 0.6) is 5.75 Å². The lowest BCUT2D eigenvalue weighted by Crippen LogP contribution is -2.50. The fraction of sp³-hybridized carbons (Fsp3) is 0.278. The number of rotatable bonds is 6. The first-order valence-electron chi connectivity index (χ1n) is 8.24. The van der Waals surface area contributed by atoms with Gasteiger partial charge in [0.15, 0.2) is 6.10 Å². The quantitative estimate of drug-likeness (QED) is 0.567. The normalized spacial score (nSPS) is 16.4. The van der Waals surface area contributed by atoms with Gasteiger partial charge in [-0.3, -0.25) is 9.10 Å². The summed E-state index contributed by atoms with van der Waals surface area (Å²) in [6.45, 7) is 0.356. The molecule has 0 saturated carbocycles. The molecule has 0 aliphatic carbocycles. The first-order chi connectivity index (χ1) is 12.8. The molecule has 1 heterocycles. The lowest BCUT2D eigenvalue weighted by atomic mass is 10.2. The Kier molecular flexibility index (Phi) is 6.18. The molecule has 6 nitrogen and oxygen atoms in total. The van der Waals surface area contributed by atoms with Gasteiger partial charge in [0.2, 0.25) is 10.0 Å². The van der Waals surface area contributed by atoms with Gasteiger partial charge in [-0.1, -0.05) is 29.8 Å². The predicted molar refractivity (Wildman–Crippen MR) is 108 cm³/mol. The molecule has 0 aromatic heterocycles. The molecule has 1 amide bonds. The van der Waals surface area contributed by atoms with Gasteiger partial charge in [-0.15, -0.1) is 11.8 Å². The van der Waals surface area contributed by atoms with E-state index in [1.165, 1.54) is 6.07 Å². The minimum Gasteiger partial charge on any atom is -0.476 e. The van der Waals surface area contributed by atoms with Crippen molar-refractivity contribution >= 4 is 45.0 Å². The second kappa shape index (κ2) is 8.41. The maximum atomic E-state index is 12.5. The first-order valence-corrected chi connectivity index (χ1v) is 11.5. The van der Waals surface area contributed by atoms with Crippen LogP contribution in [-0.2, 0) is 14.8 Å². The molecule has 2 aromatic carbocycles. The van der Waals surface area contributed by atoms with Crippen LogP contribution in [0, 0.1) is 0 Å². The summed E-state index contributed by atoms with van der Waals surface area (Å²) in [7, 11) is -3.57. The number of nitrogens with zero attached hydrogens (tertiary/aromatic N) is 1. The molecular weight excluding hydrogens is 408 g/mol. The fourth-order valence-corrected chi connectivity index (χ4v) is 4.51. The van der Waals surface area contributed by atoms with Gasteiger partial charge in [0.25, 0.3) is 5.91 Å². The van der Waals surface area contributed by atoms with Crippen LogP contribution in [0.15, 0.2) is 53.4 Å². The summed E-state index contributed by atoms with van der Waals surface area (Å²) in [5.74, 6) is 0.664. The summed E-state index contributed by atoms with van der Waals surface area (Å²) < 4.78 is 31.1. The van der Waals surface area contributed by atoms with Crippen molar-refractivity contribution in [1.82, 2.24) is 5.32 Å². The average molecular weight is 427 g/mol. The Labute approximate surface area is 167 Å². The summed E-state index contributed by atoms with van der Waals surface area (Å²) in [5, 5.41) is 3.20. The Balaban J connectivity index is 1.63. The molecule has 1 aliphatic rings. The van der Waals surface area contributed by atoms with E-state index in [1.54, 1.807) is 23.9 Å². The molecular formula is C18H19ClN2O4S2. The molecule has 1 atom stereocenters. The Morgan fingerprint density at radius 2 is 2.04 bits per heavy atom. The Hall–Kier alpha value is -1.90. The summed E-state index contributed by atoms with van der Waals surface area (Å²) in [6.07, 6.45) is 0.171. The van der Waals surface area contributed by atoms with Crippen LogP contribution in [0.4, 0.5) is 5.69 Å². The Morgan fingerprint density at radius 1 is 1.30 bits per heavy atom. The number of thioether (sulfide) groups is 1. The SMILES string of the molecule is CS(=O)(=O)N1C[C@@H](C(=O)NCCSc2ccccc2)Oc2ccc(Cl)cc21. The van der Waals surface area contributed by atoms with Crippen molar-refractivity contribution in [3.63, 3.8) is 0 Å². The van der Waals surface area contributed by atoms with Gasteiger partial charge >= 0.3 is 0 Å². The van der Waals surface area contributed by atoms with E-state index < -0.39 is 16.1 Å². The minimum absolute atomic E-state index is 0.0934. The van der Waals surface area contributed by atoms with E-state index in [1.807, 2.05) is 30.3 Å². The van der Waals surface area contributed by atoms with Crippen LogP contribution in [0.1, 0.15) is 0 Å². The van der Waals surface area contributed by atoms with Crippen molar-refractivity contribution in [1.29, 1.82) is 0 Å². The number of halogens is 1. The monoisotopic (exact) mass is 426 g/mol. The Morgan fingerprint density at radius 3 is 2.74 bits per heavy atom. The number of hydrogen-bond donors (Lipinski definition) is 1. The molecule has 1 N–H and O–H groups in total. The molecule has 3 rings (SSSR count). The van der Waals surface area contributed by atoms with Crippen LogP contribution in [0.2, 0.25) is 5.02 Å². The van der Waals surface area contributed by atoms with Crippen molar-refractivity contribution in [3.05, 3.63) is 53.6 Å². The maximum absolute atomic E-state index is 12.5. The van der Waals surface area contributed by atoms with Crippen LogP contribution >= 0.6 is 23.4 Å². The van der Waals surface area contributed by atoms with Gasteiger partial charge in [0, 0.05) is 22.2 Å². The van der Waals surface area contributed by atoms with Gasteiger partial charge in [-0.2, -0.15) is 0 Å². The van der Waals surface area contributed by atoms with Gasteiger partial charge in [-0.05, 0) is 30.3 Å². The van der Waals surface area contributed by atoms with E-state index in [0.717, 1.165) is 15.5 Å². The first kappa shape index (κ1) is 19.9. The van der Waals surface area contributed by atoms with Crippen molar-refractivity contribution in [3.8, 4) is 5.75 Å². The molecule has 1 aliphatic heterocycles. The molecule has 0 spiro atoms. The third kappa shape index (κ3) is 5.09. The van der Waals surface area contributed by atoms with E-state index in [0.29, 0.717) is 28.8 Å². The molecule has 2 aromatic rings. The lowest BCUT2D eigenvalue weighted by molar-refractivity contribution is -0.127. The van der Waals surface area contributed by atoms with Gasteiger partial charge in [0.05, 0.1) is 18.5 Å². The minimum atomic E-state index is -3.57. The number of nitrogens with one attached hydrogen (secondary N) is 1. The molecule has 0 fully saturated rings. The number of sulfonamides is 1. The number of benzene rings is 2. The van der Waals surface area contributed by atoms with Crippen LogP contribution in [0.3, 0.4) is 0 Å². The average Bonchev–Trinajstić information content (AvgIpc) is 2.64. The van der Waals surface area contributed by atoms with Gasteiger partial charge in [0.1, 0.15) is 5.75 Å². The second-order valence-electron chi connectivity index (χ2n) is 5.97. The Bertz CT molecular complexity index is 922. The number of ether oxygens (including phenoxy) is 1. The number of anilines is 1. The highest BCUT2D eigenvalue weighted by atomic mass is 35.5. The van der Waals surface area contributed by atoms with E-state index in [9.17, 15) is 13.2 Å². The molecule has 0 saturated heterocycles. The van der Waals surface area contributed by atoms with E-state index in [2.05, 4.69) is 5.32 Å². The van der Waals surface area contributed by atoms with Crippen molar-refractivity contribution in [2.75, 3.05) is 29.4 Å². The van der Waals surface area contributed by atoms with Crippen molar-refractivity contribution < 1.29 is 17.9 Å². The van der Waals surface area contributed by atoms with E-state index in [4.69, 9.17) is 16.3 Å². The highest BCUT2D eigenvalue weighted by Crippen LogP contribution is 2.37. The molecule has 144 valence electrons. The van der Waals surface area contributed by atoms with Crippen molar-refractivity contribution in [2.45, 2.75) is 11.0 Å². The zero-order chi connectivity index (χ0) is 19.4. The number of carbonyl (C=O) groups excluding carboxylic acids is 1. The fourth-order valence-electron chi connectivity index (χ4n) is 2.65. The predicted octanol–water partition coefficient (Wildman–Crippen LogP) is 2.78. The van der Waals surface area contributed by atoms with Gasteiger partial charge < -0.3 is 10.1 Å². The lowest BCUT2D eigenvalue weighted by Gasteiger charge is -2.34. The number of hydrogen-bond acceptors (Lipinski definition) is 5. The smallest absolute Gasteiger partial charge is 0.263 e. The van der Waals surface area contributed by atoms with Crippen LogP contribution in [-0.4, -0.2) is 45.5 Å². The van der Waals surface area contributed by atoms with E-state index >= 15 is 0 Å². The maximum Gasteiger partial charge on any atom is 0.263 e. The summed E-state index contributed by atoms with van der Waals surface area (Å²) in [6, 6.07) is 14.6. The third-order valence-electron chi connectivity index (χ3n) is 3.90. The molecule has 27 heavy (non-hydrogen) atoms. The zero-order valence-electron chi connectivity index (χ0n) is 14.6. The number of carbonyl (C=O) groups is 1. The van der Waals surface area contributed by atoms with E-state index in [-0.39, 0.29) is 12.5 Å². The summed E-state index contributed by atoms with van der Waals surface area (Å²) in [4.78, 5) is 13.6.